The van der Waals surface area contributed by atoms with Gasteiger partial charge in [-0.1, -0.05) is 37.0 Å². The lowest BCUT2D eigenvalue weighted by Crippen LogP contribution is -2.43. The summed E-state index contributed by atoms with van der Waals surface area (Å²) in [6.07, 6.45) is 0.983. The van der Waals surface area contributed by atoms with Crippen LogP contribution in [0, 0.1) is 5.92 Å². The van der Waals surface area contributed by atoms with E-state index in [4.69, 9.17) is 23.2 Å². The molecule has 1 fully saturated rings. The van der Waals surface area contributed by atoms with Crippen molar-refractivity contribution in [1.82, 2.24) is 10.2 Å². The molecule has 0 bridgehead atoms. The molecular formula is C15H20Cl2N2O. The largest absolute Gasteiger partial charge is 0.334 e. The third-order valence-electron chi connectivity index (χ3n) is 3.46. The van der Waals surface area contributed by atoms with E-state index in [1.807, 2.05) is 4.90 Å². The van der Waals surface area contributed by atoms with Gasteiger partial charge >= 0.3 is 0 Å². The molecule has 3 nitrogen and oxygen atoms in total. The van der Waals surface area contributed by atoms with Crippen molar-refractivity contribution in [1.29, 1.82) is 0 Å². The van der Waals surface area contributed by atoms with Crippen molar-refractivity contribution >= 4 is 29.1 Å². The monoisotopic (exact) mass is 314 g/mol. The molecule has 1 aliphatic heterocycles. The van der Waals surface area contributed by atoms with Crippen LogP contribution < -0.4 is 5.32 Å². The molecule has 1 N–H and O–H groups in total. The van der Waals surface area contributed by atoms with Crippen molar-refractivity contribution in [3.8, 4) is 0 Å². The fourth-order valence-electron chi connectivity index (χ4n) is 2.51. The number of amides is 1. The van der Waals surface area contributed by atoms with Gasteiger partial charge in [0.05, 0.1) is 10.6 Å². The lowest BCUT2D eigenvalue weighted by Gasteiger charge is -2.30. The lowest BCUT2D eigenvalue weighted by molar-refractivity contribution is 0.0667. The number of carbonyl (C=O) groups excluding carboxylic acids is 1. The molecule has 0 aromatic heterocycles. The van der Waals surface area contributed by atoms with Gasteiger partial charge in [0.2, 0.25) is 0 Å². The summed E-state index contributed by atoms with van der Waals surface area (Å²) in [6.45, 7) is 6.75. The predicted octanol–water partition coefficient (Wildman–Crippen LogP) is 3.45. The van der Waals surface area contributed by atoms with E-state index in [0.717, 1.165) is 26.1 Å². The van der Waals surface area contributed by atoms with Gasteiger partial charge in [-0.3, -0.25) is 4.79 Å². The zero-order valence-corrected chi connectivity index (χ0v) is 13.3. The SMILES string of the molecule is CC(C)CN(C(=O)c1cc(Cl)ccc1Cl)[C@H]1CCNC1. The van der Waals surface area contributed by atoms with Crippen LogP contribution in [0.15, 0.2) is 18.2 Å². The molecule has 2 rings (SSSR count). The van der Waals surface area contributed by atoms with E-state index in [1.165, 1.54) is 0 Å². The summed E-state index contributed by atoms with van der Waals surface area (Å²) in [5.74, 6) is 0.386. The van der Waals surface area contributed by atoms with E-state index in [1.54, 1.807) is 18.2 Å². The highest BCUT2D eigenvalue weighted by atomic mass is 35.5. The number of rotatable bonds is 4. The summed E-state index contributed by atoms with van der Waals surface area (Å²) in [5, 5.41) is 4.30. The second-order valence-corrected chi connectivity index (χ2v) is 6.47. The van der Waals surface area contributed by atoms with Crippen LogP contribution in [0.4, 0.5) is 0 Å². The lowest BCUT2D eigenvalue weighted by atomic mass is 10.1. The molecule has 1 aliphatic rings. The van der Waals surface area contributed by atoms with Gasteiger partial charge in [0.25, 0.3) is 5.91 Å². The van der Waals surface area contributed by atoms with E-state index < -0.39 is 0 Å². The number of halogens is 2. The van der Waals surface area contributed by atoms with Crippen molar-refractivity contribution in [3.05, 3.63) is 33.8 Å². The normalized spacial score (nSPS) is 18.6. The first-order chi connectivity index (χ1) is 9.49. The van der Waals surface area contributed by atoms with Gasteiger partial charge in [0.15, 0.2) is 0 Å². The van der Waals surface area contributed by atoms with E-state index in [2.05, 4.69) is 19.2 Å². The average Bonchev–Trinajstić information content (AvgIpc) is 2.91. The zero-order valence-electron chi connectivity index (χ0n) is 11.8. The second kappa shape index (κ2) is 6.79. The molecule has 1 saturated heterocycles. The summed E-state index contributed by atoms with van der Waals surface area (Å²) < 4.78 is 0. The highest BCUT2D eigenvalue weighted by Crippen LogP contribution is 2.24. The quantitative estimate of drug-likeness (QED) is 0.923. The summed E-state index contributed by atoms with van der Waals surface area (Å²) in [4.78, 5) is 14.7. The zero-order chi connectivity index (χ0) is 14.7. The highest BCUT2D eigenvalue weighted by molar-refractivity contribution is 6.35. The van der Waals surface area contributed by atoms with Gasteiger partial charge in [-0.05, 0) is 37.1 Å². The minimum Gasteiger partial charge on any atom is -0.334 e. The molecule has 0 radical (unpaired) electrons. The van der Waals surface area contributed by atoms with Crippen molar-refractivity contribution in [2.45, 2.75) is 26.3 Å². The third-order valence-corrected chi connectivity index (χ3v) is 4.02. The maximum Gasteiger partial charge on any atom is 0.255 e. The first-order valence-corrected chi connectivity index (χ1v) is 7.71. The Morgan fingerprint density at radius 1 is 1.45 bits per heavy atom. The molecule has 1 amide bonds. The Hall–Kier alpha value is -0.770. The Morgan fingerprint density at radius 2 is 2.20 bits per heavy atom. The standard InChI is InChI=1S/C15H20Cl2N2O/c1-10(2)9-19(12-5-6-18-8-12)15(20)13-7-11(16)3-4-14(13)17/h3-4,7,10,12,18H,5-6,8-9H2,1-2H3/t12-/m0/s1. The molecule has 20 heavy (non-hydrogen) atoms. The van der Waals surface area contributed by atoms with Gasteiger partial charge in [0.1, 0.15) is 0 Å². The molecule has 1 atom stereocenters. The predicted molar refractivity (Wildman–Crippen MR) is 83.6 cm³/mol. The van der Waals surface area contributed by atoms with Crippen LogP contribution in [0.3, 0.4) is 0 Å². The number of hydrogen-bond donors (Lipinski definition) is 1. The maximum absolute atomic E-state index is 12.8. The number of nitrogens with zero attached hydrogens (tertiary/aromatic N) is 1. The van der Waals surface area contributed by atoms with E-state index in [0.29, 0.717) is 21.5 Å². The van der Waals surface area contributed by atoms with Crippen molar-refractivity contribution in [3.63, 3.8) is 0 Å². The molecule has 110 valence electrons. The molecule has 0 unspecified atom stereocenters. The number of carbonyl (C=O) groups is 1. The Kier molecular flexibility index (Phi) is 5.30. The first-order valence-electron chi connectivity index (χ1n) is 6.95. The maximum atomic E-state index is 12.8. The first kappa shape index (κ1) is 15.6. The topological polar surface area (TPSA) is 32.3 Å². The number of benzene rings is 1. The van der Waals surface area contributed by atoms with Crippen LogP contribution in [0.25, 0.3) is 0 Å². The average molecular weight is 315 g/mol. The molecule has 1 heterocycles. The number of hydrogen-bond acceptors (Lipinski definition) is 2. The minimum atomic E-state index is -0.0279. The van der Waals surface area contributed by atoms with Crippen molar-refractivity contribution in [2.75, 3.05) is 19.6 Å². The van der Waals surface area contributed by atoms with Gasteiger partial charge in [0, 0.05) is 24.2 Å². The Balaban J connectivity index is 2.27. The summed E-state index contributed by atoms with van der Waals surface area (Å²) in [5.41, 5.74) is 0.492. The van der Waals surface area contributed by atoms with E-state index in [9.17, 15) is 4.79 Å². The fourth-order valence-corrected chi connectivity index (χ4v) is 2.88. The van der Waals surface area contributed by atoms with Gasteiger partial charge in [-0.2, -0.15) is 0 Å². The highest BCUT2D eigenvalue weighted by Gasteiger charge is 2.28. The molecule has 1 aromatic carbocycles. The van der Waals surface area contributed by atoms with Crippen LogP contribution >= 0.6 is 23.2 Å². The summed E-state index contributed by atoms with van der Waals surface area (Å²) in [6, 6.07) is 5.27. The van der Waals surface area contributed by atoms with Crippen LogP contribution in [-0.2, 0) is 0 Å². The molecule has 0 spiro atoms. The third kappa shape index (κ3) is 3.66. The van der Waals surface area contributed by atoms with Crippen LogP contribution in [0.1, 0.15) is 30.6 Å². The fraction of sp³-hybridized carbons (Fsp3) is 0.533. The second-order valence-electron chi connectivity index (χ2n) is 5.62. The molecule has 1 aromatic rings. The Morgan fingerprint density at radius 3 is 2.80 bits per heavy atom. The van der Waals surface area contributed by atoms with Crippen molar-refractivity contribution in [2.24, 2.45) is 5.92 Å². The summed E-state index contributed by atoms with van der Waals surface area (Å²) >= 11 is 12.1. The van der Waals surface area contributed by atoms with Crippen LogP contribution in [-0.4, -0.2) is 36.5 Å². The van der Waals surface area contributed by atoms with E-state index >= 15 is 0 Å². The molecular weight excluding hydrogens is 295 g/mol. The molecule has 5 heteroatoms. The molecule has 0 saturated carbocycles. The number of nitrogens with one attached hydrogen (secondary N) is 1. The van der Waals surface area contributed by atoms with Crippen molar-refractivity contribution < 1.29 is 4.79 Å². The Labute approximate surface area is 130 Å². The van der Waals surface area contributed by atoms with Gasteiger partial charge in [-0.15, -0.1) is 0 Å². The van der Waals surface area contributed by atoms with Gasteiger partial charge < -0.3 is 10.2 Å². The van der Waals surface area contributed by atoms with Gasteiger partial charge in [-0.25, -0.2) is 0 Å². The van der Waals surface area contributed by atoms with Crippen LogP contribution in [0.2, 0.25) is 10.0 Å². The smallest absolute Gasteiger partial charge is 0.255 e. The van der Waals surface area contributed by atoms with E-state index in [-0.39, 0.29) is 11.9 Å². The molecule has 0 aliphatic carbocycles. The minimum absolute atomic E-state index is 0.0279. The van der Waals surface area contributed by atoms with Crippen LogP contribution in [0.5, 0.6) is 0 Å². The summed E-state index contributed by atoms with van der Waals surface area (Å²) in [7, 11) is 0. The Bertz CT molecular complexity index is 485.